The largest absolute Gasteiger partial charge is 0.444 e. The summed E-state index contributed by atoms with van der Waals surface area (Å²) in [5.41, 5.74) is -0.555. The van der Waals surface area contributed by atoms with Gasteiger partial charge in [-0.2, -0.15) is 5.10 Å². The summed E-state index contributed by atoms with van der Waals surface area (Å²) < 4.78 is 12.7. The monoisotopic (exact) mass is 395 g/mol. The summed E-state index contributed by atoms with van der Waals surface area (Å²) in [6, 6.07) is 0.00191. The third-order valence-electron chi connectivity index (χ3n) is 4.99. The number of ether oxygens (including phenoxy) is 2. The molecule has 1 saturated heterocycles. The van der Waals surface area contributed by atoms with Gasteiger partial charge in [-0.15, -0.1) is 0 Å². The van der Waals surface area contributed by atoms with Gasteiger partial charge in [-0.25, -0.2) is 9.48 Å². The molecule has 1 N–H and O–H groups in total. The van der Waals surface area contributed by atoms with E-state index < -0.39 is 11.7 Å². The van der Waals surface area contributed by atoms with Crippen LogP contribution in [0.5, 0.6) is 0 Å². The molecule has 2 fully saturated rings. The Morgan fingerprint density at radius 2 is 1.96 bits per heavy atom. The standard InChI is InChI=1S/C18H29N5O5/c1-18(2,3)28-17(24)20-13-7-9-21(10-8-15(13)27-4)16-14(23(25)26)11-19-22(16)12-5-6-12/h11-13,15H,5-10H2,1-4H3,(H,20,24)/t13-,15+/m0/s1. The Bertz CT molecular complexity index is 724. The van der Waals surface area contributed by atoms with Gasteiger partial charge in [-0.05, 0) is 46.5 Å². The van der Waals surface area contributed by atoms with E-state index in [9.17, 15) is 14.9 Å². The number of rotatable bonds is 5. The molecule has 2 atom stereocenters. The lowest BCUT2D eigenvalue weighted by Gasteiger charge is -2.26. The number of carbonyl (C=O) groups excluding carboxylic acids is 1. The highest BCUT2D eigenvalue weighted by atomic mass is 16.6. The molecule has 28 heavy (non-hydrogen) atoms. The molecule has 1 aromatic rings. The maximum atomic E-state index is 12.2. The number of nitrogens with one attached hydrogen (secondary N) is 1. The molecule has 0 bridgehead atoms. The number of methoxy groups -OCH3 is 1. The van der Waals surface area contributed by atoms with E-state index in [0.717, 1.165) is 12.8 Å². The fraction of sp³-hybridized carbons (Fsp3) is 0.778. The number of nitro groups is 1. The maximum Gasteiger partial charge on any atom is 0.407 e. The Balaban J connectivity index is 1.75. The van der Waals surface area contributed by atoms with Crippen LogP contribution in [0, 0.1) is 10.1 Å². The number of aromatic nitrogens is 2. The lowest BCUT2D eigenvalue weighted by molar-refractivity contribution is -0.384. The molecule has 0 spiro atoms. The number of carbonyl (C=O) groups is 1. The van der Waals surface area contributed by atoms with Gasteiger partial charge >= 0.3 is 11.8 Å². The molecule has 1 amide bonds. The fourth-order valence-corrected chi connectivity index (χ4v) is 3.56. The third-order valence-corrected chi connectivity index (χ3v) is 4.99. The molecule has 1 saturated carbocycles. The summed E-state index contributed by atoms with van der Waals surface area (Å²) >= 11 is 0. The van der Waals surface area contributed by atoms with E-state index in [1.54, 1.807) is 11.8 Å². The fourth-order valence-electron chi connectivity index (χ4n) is 3.56. The predicted octanol–water partition coefficient (Wildman–Crippen LogP) is 2.63. The molecule has 156 valence electrons. The van der Waals surface area contributed by atoms with Crippen molar-refractivity contribution in [1.82, 2.24) is 15.1 Å². The molecule has 1 aromatic heterocycles. The minimum Gasteiger partial charge on any atom is -0.444 e. The van der Waals surface area contributed by atoms with Crippen LogP contribution in [0.25, 0.3) is 0 Å². The molecular formula is C18H29N5O5. The highest BCUT2D eigenvalue weighted by Gasteiger charge is 2.37. The van der Waals surface area contributed by atoms with Crippen LogP contribution in [-0.2, 0) is 9.47 Å². The van der Waals surface area contributed by atoms with E-state index in [1.165, 1.54) is 6.20 Å². The van der Waals surface area contributed by atoms with Gasteiger partial charge in [0.1, 0.15) is 11.8 Å². The van der Waals surface area contributed by atoms with Crippen LogP contribution in [0.2, 0.25) is 0 Å². The first-order chi connectivity index (χ1) is 13.2. The van der Waals surface area contributed by atoms with Crippen molar-refractivity contribution in [3.05, 3.63) is 16.3 Å². The molecule has 3 rings (SSSR count). The van der Waals surface area contributed by atoms with Gasteiger partial charge in [0, 0.05) is 20.2 Å². The first kappa shape index (κ1) is 20.4. The first-order valence-corrected chi connectivity index (χ1v) is 9.68. The van der Waals surface area contributed by atoms with Crippen LogP contribution in [-0.4, -0.2) is 58.7 Å². The summed E-state index contributed by atoms with van der Waals surface area (Å²) in [6.45, 7) is 6.58. The smallest absolute Gasteiger partial charge is 0.407 e. The summed E-state index contributed by atoms with van der Waals surface area (Å²) in [5, 5.41) is 18.7. The third kappa shape index (κ3) is 4.73. The second-order valence-corrected chi connectivity index (χ2v) is 8.38. The SMILES string of the molecule is CO[C@@H]1CCN(c2c([N+](=O)[O-])cnn2C2CC2)CC[C@@H]1NC(=O)OC(C)(C)C. The lowest BCUT2D eigenvalue weighted by atomic mass is 10.1. The number of hydrogen-bond donors (Lipinski definition) is 1. The Morgan fingerprint density at radius 3 is 2.54 bits per heavy atom. The molecule has 0 aromatic carbocycles. The Hall–Kier alpha value is -2.36. The summed E-state index contributed by atoms with van der Waals surface area (Å²) in [4.78, 5) is 25.3. The van der Waals surface area contributed by atoms with Crippen molar-refractivity contribution in [1.29, 1.82) is 0 Å². The van der Waals surface area contributed by atoms with Crippen LogP contribution in [0.15, 0.2) is 6.20 Å². The highest BCUT2D eigenvalue weighted by Crippen LogP contribution is 2.41. The number of alkyl carbamates (subject to hydrolysis) is 1. The molecule has 0 radical (unpaired) electrons. The van der Waals surface area contributed by atoms with Gasteiger partial charge in [-0.1, -0.05) is 0 Å². The molecule has 0 unspecified atom stereocenters. The summed E-state index contributed by atoms with van der Waals surface area (Å²) in [7, 11) is 1.61. The van der Waals surface area contributed by atoms with Crippen LogP contribution >= 0.6 is 0 Å². The predicted molar refractivity (Wildman–Crippen MR) is 103 cm³/mol. The summed E-state index contributed by atoms with van der Waals surface area (Å²) in [5.74, 6) is 0.556. The normalized spacial score (nSPS) is 23.2. The Kier molecular flexibility index (Phi) is 5.78. The van der Waals surface area contributed by atoms with Crippen molar-refractivity contribution < 1.29 is 19.2 Å². The number of amides is 1. The van der Waals surface area contributed by atoms with Gasteiger partial charge in [-0.3, -0.25) is 10.1 Å². The van der Waals surface area contributed by atoms with Crippen LogP contribution in [0.4, 0.5) is 16.3 Å². The van der Waals surface area contributed by atoms with E-state index >= 15 is 0 Å². The number of anilines is 1. The molecule has 2 aliphatic rings. The maximum absolute atomic E-state index is 12.2. The molecular weight excluding hydrogens is 366 g/mol. The van der Waals surface area contributed by atoms with E-state index in [1.807, 2.05) is 25.7 Å². The van der Waals surface area contributed by atoms with Gasteiger partial charge in [0.15, 0.2) is 0 Å². The van der Waals surface area contributed by atoms with Crippen molar-refractivity contribution in [2.24, 2.45) is 0 Å². The van der Waals surface area contributed by atoms with E-state index in [4.69, 9.17) is 9.47 Å². The van der Waals surface area contributed by atoms with Crippen molar-refractivity contribution in [3.8, 4) is 0 Å². The van der Waals surface area contributed by atoms with Crippen LogP contribution in [0.1, 0.15) is 52.5 Å². The second kappa shape index (κ2) is 7.94. The first-order valence-electron chi connectivity index (χ1n) is 9.68. The average molecular weight is 395 g/mol. The van der Waals surface area contributed by atoms with Crippen molar-refractivity contribution in [3.63, 3.8) is 0 Å². The Labute approximate surface area is 164 Å². The molecule has 1 aliphatic heterocycles. The Morgan fingerprint density at radius 1 is 1.29 bits per heavy atom. The van der Waals surface area contributed by atoms with E-state index in [-0.39, 0.29) is 28.8 Å². The van der Waals surface area contributed by atoms with E-state index in [0.29, 0.717) is 31.7 Å². The quantitative estimate of drug-likeness (QED) is 0.602. The lowest BCUT2D eigenvalue weighted by Crippen LogP contribution is -2.46. The average Bonchev–Trinajstić information content (AvgIpc) is 3.36. The van der Waals surface area contributed by atoms with Crippen molar-refractivity contribution in [2.45, 2.75) is 70.2 Å². The minimum absolute atomic E-state index is 0.0272. The molecule has 2 heterocycles. The molecule has 10 heteroatoms. The zero-order valence-electron chi connectivity index (χ0n) is 16.9. The van der Waals surface area contributed by atoms with E-state index in [2.05, 4.69) is 10.4 Å². The second-order valence-electron chi connectivity index (χ2n) is 8.38. The topological polar surface area (TPSA) is 112 Å². The highest BCUT2D eigenvalue weighted by molar-refractivity contribution is 5.68. The summed E-state index contributed by atoms with van der Waals surface area (Å²) in [6.07, 6.45) is 3.85. The van der Waals surface area contributed by atoms with Gasteiger partial charge < -0.3 is 19.7 Å². The van der Waals surface area contributed by atoms with Crippen molar-refractivity contribution >= 4 is 17.6 Å². The number of hydrogen-bond acceptors (Lipinski definition) is 7. The molecule has 1 aliphatic carbocycles. The van der Waals surface area contributed by atoms with Gasteiger partial charge in [0.05, 0.1) is 23.1 Å². The minimum atomic E-state index is -0.583. The van der Waals surface area contributed by atoms with Crippen LogP contribution in [0.3, 0.4) is 0 Å². The van der Waals surface area contributed by atoms with Crippen molar-refractivity contribution in [2.75, 3.05) is 25.1 Å². The zero-order chi connectivity index (χ0) is 20.5. The zero-order valence-corrected chi connectivity index (χ0v) is 16.9. The van der Waals surface area contributed by atoms with Gasteiger partial charge in [0.2, 0.25) is 5.82 Å². The molecule has 10 nitrogen and oxygen atoms in total. The van der Waals surface area contributed by atoms with Crippen LogP contribution < -0.4 is 10.2 Å². The van der Waals surface area contributed by atoms with Gasteiger partial charge in [0.25, 0.3) is 0 Å². The number of nitrogens with zero attached hydrogens (tertiary/aromatic N) is 4.